The molecule has 29 heavy (non-hydrogen) atoms. The van der Waals surface area contributed by atoms with Crippen LogP contribution in [0, 0.1) is 17.0 Å². The molecule has 1 N–H and O–H groups in total. The van der Waals surface area contributed by atoms with Crippen molar-refractivity contribution in [1.82, 2.24) is 9.78 Å². The zero-order chi connectivity index (χ0) is 20.8. The lowest BCUT2D eigenvalue weighted by Gasteiger charge is -2.11. The molecule has 0 saturated heterocycles. The van der Waals surface area contributed by atoms with E-state index in [9.17, 15) is 14.9 Å². The topological polar surface area (TPSA) is 109 Å². The molecule has 0 atom stereocenters. The van der Waals surface area contributed by atoms with Gasteiger partial charge in [0.05, 0.1) is 30.8 Å². The molecule has 9 nitrogen and oxygen atoms in total. The van der Waals surface area contributed by atoms with Crippen molar-refractivity contribution in [1.29, 1.82) is 0 Å². The minimum Gasteiger partial charge on any atom is -0.496 e. The zero-order valence-electron chi connectivity index (χ0n) is 16.0. The van der Waals surface area contributed by atoms with Crippen molar-refractivity contribution < 1.29 is 19.2 Å². The smallest absolute Gasteiger partial charge is 0.314 e. The third kappa shape index (κ3) is 5.10. The van der Waals surface area contributed by atoms with Gasteiger partial charge in [0.25, 0.3) is 5.91 Å². The lowest BCUT2D eigenvalue weighted by molar-refractivity contribution is -0.385. The van der Waals surface area contributed by atoms with E-state index in [1.807, 2.05) is 31.2 Å². The number of nitro benzene ring substituents is 1. The van der Waals surface area contributed by atoms with Gasteiger partial charge in [-0.1, -0.05) is 29.8 Å². The van der Waals surface area contributed by atoms with Crippen LogP contribution >= 0.6 is 0 Å². The Hall–Kier alpha value is -3.88. The van der Waals surface area contributed by atoms with Crippen molar-refractivity contribution in [3.63, 3.8) is 0 Å². The molecule has 0 radical (unpaired) electrons. The highest BCUT2D eigenvalue weighted by atomic mass is 16.6. The van der Waals surface area contributed by atoms with E-state index in [-0.39, 0.29) is 18.0 Å². The SMILES string of the molecule is COc1ccc(OCC(=O)Nc2ccnn2Cc2cccc(C)c2)c([N+](=O)[O-])c1. The van der Waals surface area contributed by atoms with E-state index in [0.29, 0.717) is 18.1 Å². The van der Waals surface area contributed by atoms with E-state index in [2.05, 4.69) is 10.4 Å². The van der Waals surface area contributed by atoms with Crippen LogP contribution in [0.5, 0.6) is 11.5 Å². The van der Waals surface area contributed by atoms with Crippen molar-refractivity contribution in [2.75, 3.05) is 19.0 Å². The summed E-state index contributed by atoms with van der Waals surface area (Å²) in [5, 5.41) is 18.1. The van der Waals surface area contributed by atoms with Crippen LogP contribution in [0.3, 0.4) is 0 Å². The number of nitrogens with zero attached hydrogens (tertiary/aromatic N) is 3. The van der Waals surface area contributed by atoms with Gasteiger partial charge in [-0.25, -0.2) is 4.68 Å². The van der Waals surface area contributed by atoms with Crippen molar-refractivity contribution in [3.05, 3.63) is 76.0 Å². The van der Waals surface area contributed by atoms with Gasteiger partial charge in [-0.2, -0.15) is 5.10 Å². The van der Waals surface area contributed by atoms with Crippen LogP contribution < -0.4 is 14.8 Å². The molecule has 0 aliphatic heterocycles. The minimum absolute atomic E-state index is 0.0146. The van der Waals surface area contributed by atoms with Crippen LogP contribution in [0.15, 0.2) is 54.7 Å². The second kappa shape index (κ2) is 8.87. The first kappa shape index (κ1) is 19.9. The number of nitro groups is 1. The third-order valence-electron chi connectivity index (χ3n) is 4.12. The Labute approximate surface area is 167 Å². The van der Waals surface area contributed by atoms with Crippen LogP contribution in [0.25, 0.3) is 0 Å². The van der Waals surface area contributed by atoms with Gasteiger partial charge >= 0.3 is 5.69 Å². The zero-order valence-corrected chi connectivity index (χ0v) is 16.0. The largest absolute Gasteiger partial charge is 0.496 e. The molecule has 0 aliphatic carbocycles. The summed E-state index contributed by atoms with van der Waals surface area (Å²) in [6.07, 6.45) is 1.58. The molecule has 0 fully saturated rings. The number of nitrogens with one attached hydrogen (secondary N) is 1. The Kier molecular flexibility index (Phi) is 6.08. The quantitative estimate of drug-likeness (QED) is 0.463. The summed E-state index contributed by atoms with van der Waals surface area (Å²) in [5.74, 6) is 0.359. The third-order valence-corrected chi connectivity index (χ3v) is 4.12. The van der Waals surface area contributed by atoms with Gasteiger partial charge in [-0.3, -0.25) is 14.9 Å². The molecule has 0 bridgehead atoms. The van der Waals surface area contributed by atoms with E-state index < -0.39 is 10.8 Å². The fourth-order valence-electron chi connectivity index (χ4n) is 2.76. The summed E-state index contributed by atoms with van der Waals surface area (Å²) < 4.78 is 12.0. The second-order valence-corrected chi connectivity index (χ2v) is 6.29. The number of carbonyl (C=O) groups is 1. The molecule has 9 heteroatoms. The number of anilines is 1. The lowest BCUT2D eigenvalue weighted by atomic mass is 10.1. The Morgan fingerprint density at radius 3 is 2.79 bits per heavy atom. The van der Waals surface area contributed by atoms with E-state index in [0.717, 1.165) is 11.1 Å². The molecular weight excluding hydrogens is 376 g/mol. The van der Waals surface area contributed by atoms with E-state index >= 15 is 0 Å². The number of ether oxygens (including phenoxy) is 2. The Bertz CT molecular complexity index is 1030. The number of hydrogen-bond acceptors (Lipinski definition) is 6. The normalized spacial score (nSPS) is 10.4. The van der Waals surface area contributed by atoms with Gasteiger partial charge in [-0.15, -0.1) is 0 Å². The molecule has 0 aliphatic rings. The molecule has 3 rings (SSSR count). The Morgan fingerprint density at radius 1 is 1.24 bits per heavy atom. The standard InChI is InChI=1S/C20H20N4O5/c1-14-4-3-5-15(10-14)12-23-19(8-9-21-23)22-20(25)13-29-18-7-6-16(28-2)11-17(18)24(26)27/h3-11H,12-13H2,1-2H3,(H,22,25). The van der Waals surface area contributed by atoms with Crippen LogP contribution in [0.1, 0.15) is 11.1 Å². The lowest BCUT2D eigenvalue weighted by Crippen LogP contribution is -2.22. The number of amides is 1. The molecular formula is C20H20N4O5. The monoisotopic (exact) mass is 396 g/mol. The van der Waals surface area contributed by atoms with Crippen molar-refractivity contribution in [2.45, 2.75) is 13.5 Å². The fraction of sp³-hybridized carbons (Fsp3) is 0.200. The van der Waals surface area contributed by atoms with Gasteiger partial charge in [0, 0.05) is 6.07 Å². The first-order valence-corrected chi connectivity index (χ1v) is 8.78. The number of benzene rings is 2. The highest BCUT2D eigenvalue weighted by Crippen LogP contribution is 2.30. The highest BCUT2D eigenvalue weighted by molar-refractivity contribution is 5.91. The molecule has 1 heterocycles. The number of rotatable bonds is 8. The minimum atomic E-state index is -0.591. The maximum atomic E-state index is 12.3. The van der Waals surface area contributed by atoms with Crippen LogP contribution in [-0.4, -0.2) is 34.3 Å². The molecule has 0 saturated carbocycles. The highest BCUT2D eigenvalue weighted by Gasteiger charge is 2.18. The Balaban J connectivity index is 1.64. The van der Waals surface area contributed by atoms with Gasteiger partial charge in [0.15, 0.2) is 12.4 Å². The fourth-order valence-corrected chi connectivity index (χ4v) is 2.76. The van der Waals surface area contributed by atoms with E-state index in [1.165, 1.54) is 25.3 Å². The summed E-state index contributed by atoms with van der Waals surface area (Å²) >= 11 is 0. The summed E-state index contributed by atoms with van der Waals surface area (Å²) in [7, 11) is 1.41. The molecule has 3 aromatic rings. The van der Waals surface area contributed by atoms with Crippen molar-refractivity contribution >= 4 is 17.4 Å². The predicted octanol–water partition coefficient (Wildman–Crippen LogP) is 3.17. The summed E-state index contributed by atoms with van der Waals surface area (Å²) in [4.78, 5) is 22.9. The number of aromatic nitrogens is 2. The first-order chi connectivity index (χ1) is 14.0. The van der Waals surface area contributed by atoms with Crippen LogP contribution in [0.2, 0.25) is 0 Å². The van der Waals surface area contributed by atoms with E-state index in [1.54, 1.807) is 16.9 Å². The summed E-state index contributed by atoms with van der Waals surface area (Å²) in [6, 6.07) is 13.8. The van der Waals surface area contributed by atoms with Crippen molar-refractivity contribution in [2.24, 2.45) is 0 Å². The molecule has 1 amide bonds. The molecule has 150 valence electrons. The maximum Gasteiger partial charge on any atom is 0.314 e. The number of aryl methyl sites for hydroxylation is 1. The molecule has 0 unspecified atom stereocenters. The second-order valence-electron chi connectivity index (χ2n) is 6.29. The van der Waals surface area contributed by atoms with E-state index in [4.69, 9.17) is 9.47 Å². The van der Waals surface area contributed by atoms with Crippen LogP contribution in [-0.2, 0) is 11.3 Å². The average molecular weight is 396 g/mol. The molecule has 2 aromatic carbocycles. The number of methoxy groups -OCH3 is 1. The van der Waals surface area contributed by atoms with Gasteiger partial charge in [0.2, 0.25) is 0 Å². The first-order valence-electron chi connectivity index (χ1n) is 8.78. The van der Waals surface area contributed by atoms with Crippen LogP contribution in [0.4, 0.5) is 11.5 Å². The molecule has 1 aromatic heterocycles. The summed E-state index contributed by atoms with van der Waals surface area (Å²) in [6.45, 7) is 2.11. The number of carbonyl (C=O) groups excluding carboxylic acids is 1. The number of hydrogen-bond donors (Lipinski definition) is 1. The Morgan fingerprint density at radius 2 is 2.07 bits per heavy atom. The predicted molar refractivity (Wildman–Crippen MR) is 106 cm³/mol. The molecule has 0 spiro atoms. The van der Waals surface area contributed by atoms with Crippen molar-refractivity contribution in [3.8, 4) is 11.5 Å². The average Bonchev–Trinajstić information content (AvgIpc) is 3.12. The summed E-state index contributed by atoms with van der Waals surface area (Å²) in [5.41, 5.74) is 1.91. The van der Waals surface area contributed by atoms with Gasteiger partial charge in [-0.05, 0) is 24.6 Å². The van der Waals surface area contributed by atoms with Gasteiger partial charge in [0.1, 0.15) is 11.6 Å². The van der Waals surface area contributed by atoms with Gasteiger partial charge < -0.3 is 14.8 Å². The maximum absolute atomic E-state index is 12.3.